The largest absolute Gasteiger partial charge is 0.494 e. The molecule has 0 aliphatic carbocycles. The number of carbonyl (C=O) groups is 2. The summed E-state index contributed by atoms with van der Waals surface area (Å²) in [6, 6.07) is 14.6. The number of furan rings is 1. The SMILES string of the molecule is COc1c(Cl)cc(Cl)c2oc(C(=O)Nc3ccc(-c4ccc(N(C(C(=O)OC(C)(C)C)C(C)C)S(=O)O)cc4)cc3)c(C)c12. The Morgan fingerprint density at radius 1 is 1.00 bits per heavy atom. The molecule has 0 fully saturated rings. The molecule has 4 aromatic rings. The van der Waals surface area contributed by atoms with Crippen LogP contribution in [0.15, 0.2) is 59.0 Å². The lowest BCUT2D eigenvalue weighted by molar-refractivity contribution is -0.157. The summed E-state index contributed by atoms with van der Waals surface area (Å²) in [6.45, 7) is 10.6. The molecule has 2 atom stereocenters. The Hall–Kier alpha value is -3.57. The van der Waals surface area contributed by atoms with Crippen molar-refractivity contribution in [1.29, 1.82) is 0 Å². The van der Waals surface area contributed by atoms with Gasteiger partial charge in [-0.05, 0) is 75.1 Å². The number of nitrogens with one attached hydrogen (secondary N) is 1. The van der Waals surface area contributed by atoms with E-state index in [4.69, 9.17) is 37.1 Å². The fourth-order valence-electron chi connectivity index (χ4n) is 4.82. The molecule has 2 N–H and O–H groups in total. The smallest absolute Gasteiger partial charge is 0.330 e. The molecule has 12 heteroatoms. The Bertz CT molecular complexity index is 1710. The Morgan fingerprint density at radius 2 is 1.57 bits per heavy atom. The van der Waals surface area contributed by atoms with Crippen LogP contribution in [0.2, 0.25) is 10.0 Å². The number of aryl methyl sites for hydroxylation is 1. The van der Waals surface area contributed by atoms with Gasteiger partial charge in [0, 0.05) is 11.3 Å². The van der Waals surface area contributed by atoms with E-state index in [0.717, 1.165) is 15.4 Å². The van der Waals surface area contributed by atoms with Crippen molar-refractivity contribution in [3.63, 3.8) is 0 Å². The molecule has 234 valence electrons. The first kappa shape index (κ1) is 33.3. The van der Waals surface area contributed by atoms with Crippen molar-refractivity contribution in [3.8, 4) is 16.9 Å². The first-order valence-electron chi connectivity index (χ1n) is 13.7. The number of amides is 1. The number of hydrogen-bond donors (Lipinski definition) is 2. The van der Waals surface area contributed by atoms with Crippen molar-refractivity contribution < 1.29 is 32.2 Å². The average Bonchev–Trinajstić information content (AvgIpc) is 3.28. The Labute approximate surface area is 268 Å². The predicted molar refractivity (Wildman–Crippen MR) is 175 cm³/mol. The van der Waals surface area contributed by atoms with Gasteiger partial charge in [0.1, 0.15) is 17.4 Å². The highest BCUT2D eigenvalue weighted by atomic mass is 35.5. The highest BCUT2D eigenvalue weighted by Gasteiger charge is 2.36. The van der Waals surface area contributed by atoms with Crippen molar-refractivity contribution in [2.24, 2.45) is 5.92 Å². The molecule has 1 heterocycles. The van der Waals surface area contributed by atoms with Gasteiger partial charge in [-0.25, -0.2) is 9.00 Å². The first-order valence-corrected chi connectivity index (χ1v) is 15.5. The molecular weight excluding hydrogens is 627 g/mol. The molecule has 1 aromatic heterocycles. The number of anilines is 2. The van der Waals surface area contributed by atoms with E-state index in [-0.39, 0.29) is 16.7 Å². The summed E-state index contributed by atoms with van der Waals surface area (Å²) in [5.41, 5.74) is 2.68. The van der Waals surface area contributed by atoms with E-state index in [1.807, 2.05) is 12.1 Å². The first-order chi connectivity index (χ1) is 20.6. The van der Waals surface area contributed by atoms with Gasteiger partial charge in [-0.15, -0.1) is 0 Å². The number of ether oxygens (including phenoxy) is 2. The van der Waals surface area contributed by atoms with Crippen molar-refractivity contribution >= 4 is 68.7 Å². The normalized spacial score (nSPS) is 13.1. The van der Waals surface area contributed by atoms with Gasteiger partial charge in [-0.2, -0.15) is 0 Å². The van der Waals surface area contributed by atoms with Crippen LogP contribution in [0.5, 0.6) is 5.75 Å². The van der Waals surface area contributed by atoms with Crippen molar-refractivity contribution in [1.82, 2.24) is 0 Å². The van der Waals surface area contributed by atoms with E-state index in [0.29, 0.717) is 38.7 Å². The van der Waals surface area contributed by atoms with E-state index in [2.05, 4.69) is 5.32 Å². The maximum atomic E-state index is 13.1. The molecular formula is C32H34Cl2N2O7S. The molecule has 0 spiro atoms. The zero-order valence-corrected chi connectivity index (χ0v) is 27.7. The highest BCUT2D eigenvalue weighted by Crippen LogP contribution is 2.42. The van der Waals surface area contributed by atoms with Crippen molar-refractivity contribution in [2.45, 2.75) is 53.2 Å². The van der Waals surface area contributed by atoms with Gasteiger partial charge in [-0.1, -0.05) is 61.3 Å². The lowest BCUT2D eigenvalue weighted by atomic mass is 10.0. The minimum atomic E-state index is -2.48. The fourth-order valence-corrected chi connectivity index (χ4v) is 6.22. The maximum absolute atomic E-state index is 13.1. The highest BCUT2D eigenvalue weighted by molar-refractivity contribution is 7.80. The summed E-state index contributed by atoms with van der Waals surface area (Å²) in [6.07, 6.45) is 0. The van der Waals surface area contributed by atoms with Gasteiger partial charge in [0.25, 0.3) is 17.2 Å². The molecule has 0 aliphatic rings. The van der Waals surface area contributed by atoms with E-state index < -0.39 is 34.8 Å². The van der Waals surface area contributed by atoms with Gasteiger partial charge in [0.05, 0.1) is 28.2 Å². The second-order valence-electron chi connectivity index (χ2n) is 11.5. The number of fused-ring (bicyclic) bond motifs is 1. The molecule has 44 heavy (non-hydrogen) atoms. The third-order valence-electron chi connectivity index (χ3n) is 6.77. The number of benzene rings is 3. The van der Waals surface area contributed by atoms with Gasteiger partial charge in [0.2, 0.25) is 0 Å². The number of halogens is 2. The quantitative estimate of drug-likeness (QED) is 0.137. The van der Waals surface area contributed by atoms with Crippen LogP contribution < -0.4 is 14.4 Å². The molecule has 0 saturated heterocycles. The lowest BCUT2D eigenvalue weighted by Gasteiger charge is -2.33. The second kappa shape index (κ2) is 13.2. The molecule has 2 unspecified atom stereocenters. The number of methoxy groups -OCH3 is 1. The molecule has 9 nitrogen and oxygen atoms in total. The van der Waals surface area contributed by atoms with Crippen LogP contribution in [-0.4, -0.2) is 39.4 Å². The third-order valence-corrected chi connectivity index (χ3v) is 8.11. The average molecular weight is 662 g/mol. The van der Waals surface area contributed by atoms with E-state index in [1.165, 1.54) is 13.2 Å². The number of rotatable bonds is 9. The molecule has 0 saturated carbocycles. The molecule has 0 radical (unpaired) electrons. The predicted octanol–water partition coefficient (Wildman–Crippen LogP) is 8.29. The van der Waals surface area contributed by atoms with E-state index >= 15 is 0 Å². The zero-order valence-electron chi connectivity index (χ0n) is 25.4. The number of nitrogens with zero attached hydrogens (tertiary/aromatic N) is 1. The van der Waals surface area contributed by atoms with Gasteiger partial charge in [-0.3, -0.25) is 13.7 Å². The van der Waals surface area contributed by atoms with E-state index in [9.17, 15) is 18.4 Å². The minimum Gasteiger partial charge on any atom is -0.494 e. The number of esters is 1. The van der Waals surface area contributed by atoms with Crippen LogP contribution in [0.4, 0.5) is 11.4 Å². The van der Waals surface area contributed by atoms with Gasteiger partial charge < -0.3 is 19.2 Å². The summed E-state index contributed by atoms with van der Waals surface area (Å²) >= 11 is 10.1. The van der Waals surface area contributed by atoms with Gasteiger partial charge in [0.15, 0.2) is 11.3 Å². The second-order valence-corrected chi connectivity index (χ2v) is 13.2. The summed E-state index contributed by atoms with van der Waals surface area (Å²) < 4.78 is 40.5. The van der Waals surface area contributed by atoms with Crippen LogP contribution in [0.25, 0.3) is 22.1 Å². The molecule has 1 amide bonds. The Balaban J connectivity index is 1.54. The summed E-state index contributed by atoms with van der Waals surface area (Å²) in [7, 11) is 1.48. The van der Waals surface area contributed by atoms with E-state index in [1.54, 1.807) is 77.9 Å². The van der Waals surface area contributed by atoms with Crippen LogP contribution in [0.3, 0.4) is 0 Å². The standard InChI is InChI=1S/C32H34Cl2N2O7S/c1-17(2)26(31(38)43-32(4,5)6)36(44(39)40)22-14-10-20(11-15-22)19-8-12-21(13-9-19)35-30(37)27-18(3)25-28(41-7)23(33)16-24(34)29(25)42-27/h8-17,26H,1-7H3,(H,35,37)(H,39,40). The topological polar surface area (TPSA) is 118 Å². The Kier molecular flexibility index (Phi) is 9.99. The van der Waals surface area contributed by atoms with Crippen LogP contribution in [-0.2, 0) is 20.8 Å². The number of hydrogen-bond acceptors (Lipinski definition) is 6. The van der Waals surface area contributed by atoms with Crippen molar-refractivity contribution in [3.05, 3.63) is 76.0 Å². The van der Waals surface area contributed by atoms with Crippen molar-refractivity contribution in [2.75, 3.05) is 16.7 Å². The Morgan fingerprint density at radius 3 is 2.07 bits per heavy atom. The molecule has 0 aliphatic heterocycles. The molecule has 0 bridgehead atoms. The zero-order chi connectivity index (χ0) is 32.5. The summed E-state index contributed by atoms with van der Waals surface area (Å²) in [5, 5.41) is 3.94. The monoisotopic (exact) mass is 660 g/mol. The molecule has 3 aromatic carbocycles. The lowest BCUT2D eigenvalue weighted by Crippen LogP contribution is -2.48. The molecule has 4 rings (SSSR count). The van der Waals surface area contributed by atoms with Crippen LogP contribution in [0, 0.1) is 12.8 Å². The van der Waals surface area contributed by atoms with Crippen LogP contribution >= 0.6 is 23.2 Å². The minimum absolute atomic E-state index is 0.0824. The maximum Gasteiger partial charge on any atom is 0.330 e. The van der Waals surface area contributed by atoms with Gasteiger partial charge >= 0.3 is 5.97 Å². The number of carbonyl (C=O) groups excluding carboxylic acids is 2. The third kappa shape index (κ3) is 7.04. The van der Waals surface area contributed by atoms with Crippen LogP contribution in [0.1, 0.15) is 50.7 Å². The fraction of sp³-hybridized carbons (Fsp3) is 0.312. The summed E-state index contributed by atoms with van der Waals surface area (Å²) in [5.74, 6) is -0.894. The summed E-state index contributed by atoms with van der Waals surface area (Å²) in [4.78, 5) is 26.1.